The molecule has 1 aromatic heterocycles. The first-order valence-corrected chi connectivity index (χ1v) is 13.6. The molecule has 4 rings (SSSR count). The first-order chi connectivity index (χ1) is 17.0. The SMILES string of the molecule is CCC1CCC(C)N1CC(=O)c1cc(CCCCC2CCOCC2)n(-c2ccc(C#N)cc2)c1C. The Morgan fingerprint density at radius 3 is 2.54 bits per heavy atom. The van der Waals surface area contributed by atoms with Gasteiger partial charge in [-0.1, -0.05) is 19.8 Å². The van der Waals surface area contributed by atoms with E-state index in [-0.39, 0.29) is 5.78 Å². The Labute approximate surface area is 211 Å². The van der Waals surface area contributed by atoms with Crippen LogP contribution >= 0.6 is 0 Å². The van der Waals surface area contributed by atoms with E-state index < -0.39 is 0 Å². The molecule has 0 radical (unpaired) electrons. The summed E-state index contributed by atoms with van der Waals surface area (Å²) < 4.78 is 7.75. The van der Waals surface area contributed by atoms with Crippen LogP contribution in [0.1, 0.15) is 92.5 Å². The molecule has 1 aromatic carbocycles. The van der Waals surface area contributed by atoms with Gasteiger partial charge < -0.3 is 9.30 Å². The number of unbranched alkanes of at least 4 members (excludes halogenated alkanes) is 1. The van der Waals surface area contributed by atoms with E-state index in [9.17, 15) is 10.1 Å². The molecule has 2 atom stereocenters. The lowest BCUT2D eigenvalue weighted by atomic mass is 9.93. The standard InChI is InChI=1S/C30H41N3O2/c1-4-26-12-9-22(2)32(26)21-30(34)29-19-28(8-6-5-7-24-15-17-35-18-16-24)33(23(29)3)27-13-10-25(20-31)11-14-27/h10-11,13-14,19,22,24,26H,4-9,12,15-18,21H2,1-3H3. The highest BCUT2D eigenvalue weighted by atomic mass is 16.5. The van der Waals surface area contributed by atoms with Gasteiger partial charge in [-0.05, 0) is 95.0 Å². The first kappa shape index (κ1) is 25.7. The van der Waals surface area contributed by atoms with Crippen LogP contribution in [0.5, 0.6) is 0 Å². The second kappa shape index (κ2) is 12.0. The molecule has 5 heteroatoms. The number of rotatable bonds is 10. The molecule has 0 bridgehead atoms. The third-order valence-corrected chi connectivity index (χ3v) is 8.26. The number of aromatic nitrogens is 1. The number of aryl methyl sites for hydroxylation is 1. The third-order valence-electron chi connectivity index (χ3n) is 8.26. The van der Waals surface area contributed by atoms with Gasteiger partial charge in [-0.25, -0.2) is 0 Å². The van der Waals surface area contributed by atoms with Gasteiger partial charge in [0.1, 0.15) is 0 Å². The molecule has 3 heterocycles. The molecule has 2 aliphatic rings. The molecule has 0 spiro atoms. The second-order valence-corrected chi connectivity index (χ2v) is 10.5. The third kappa shape index (κ3) is 6.05. The van der Waals surface area contributed by atoms with Crippen molar-refractivity contribution in [3.63, 3.8) is 0 Å². The number of ketones is 1. The molecule has 2 aromatic rings. The van der Waals surface area contributed by atoms with Crippen molar-refractivity contribution in [2.24, 2.45) is 5.92 Å². The highest BCUT2D eigenvalue weighted by Crippen LogP contribution is 2.29. The molecular formula is C30H41N3O2. The van der Waals surface area contributed by atoms with Crippen LogP contribution in [-0.2, 0) is 11.2 Å². The predicted molar refractivity (Wildman–Crippen MR) is 140 cm³/mol. The Morgan fingerprint density at radius 1 is 1.11 bits per heavy atom. The summed E-state index contributed by atoms with van der Waals surface area (Å²) in [7, 11) is 0. The smallest absolute Gasteiger partial charge is 0.178 e. The largest absolute Gasteiger partial charge is 0.381 e. The number of ether oxygens (including phenoxy) is 1. The Hall–Kier alpha value is -2.42. The van der Waals surface area contributed by atoms with E-state index in [2.05, 4.69) is 42.4 Å². The van der Waals surface area contributed by atoms with Gasteiger partial charge in [0.25, 0.3) is 0 Å². The molecule has 188 valence electrons. The summed E-state index contributed by atoms with van der Waals surface area (Å²) in [6.07, 6.45) is 10.4. The van der Waals surface area contributed by atoms with Gasteiger partial charge in [0.2, 0.25) is 0 Å². The van der Waals surface area contributed by atoms with E-state index in [0.29, 0.717) is 24.2 Å². The second-order valence-electron chi connectivity index (χ2n) is 10.5. The number of hydrogen-bond acceptors (Lipinski definition) is 4. The molecular weight excluding hydrogens is 434 g/mol. The minimum absolute atomic E-state index is 0.227. The van der Waals surface area contributed by atoms with E-state index in [4.69, 9.17) is 4.74 Å². The van der Waals surface area contributed by atoms with E-state index in [1.54, 1.807) is 0 Å². The number of likely N-dealkylation sites (tertiary alicyclic amines) is 1. The Balaban J connectivity index is 1.53. The molecule has 0 amide bonds. The number of carbonyl (C=O) groups excluding carboxylic acids is 1. The van der Waals surface area contributed by atoms with Crippen molar-refractivity contribution in [2.45, 2.75) is 90.6 Å². The molecule has 2 aliphatic heterocycles. The number of nitriles is 1. The van der Waals surface area contributed by atoms with Gasteiger partial charge in [-0.15, -0.1) is 0 Å². The molecule has 0 N–H and O–H groups in total. The topological polar surface area (TPSA) is 58.3 Å². The highest BCUT2D eigenvalue weighted by molar-refractivity contribution is 5.99. The van der Waals surface area contributed by atoms with Crippen LogP contribution < -0.4 is 0 Å². The van der Waals surface area contributed by atoms with Crippen LogP contribution in [-0.4, -0.2) is 47.1 Å². The summed E-state index contributed by atoms with van der Waals surface area (Å²) in [4.78, 5) is 16.0. The molecule has 2 saturated heterocycles. The van der Waals surface area contributed by atoms with E-state index in [1.807, 2.05) is 24.3 Å². The molecule has 5 nitrogen and oxygen atoms in total. The normalized spacial score (nSPS) is 21.3. The summed E-state index contributed by atoms with van der Waals surface area (Å²) in [6, 6.07) is 13.1. The fourth-order valence-corrected chi connectivity index (χ4v) is 6.06. The number of nitrogens with zero attached hydrogens (tertiary/aromatic N) is 3. The lowest BCUT2D eigenvalue weighted by Gasteiger charge is -2.26. The summed E-state index contributed by atoms with van der Waals surface area (Å²) in [5.74, 6) is 1.02. The summed E-state index contributed by atoms with van der Waals surface area (Å²) >= 11 is 0. The lowest BCUT2D eigenvalue weighted by molar-refractivity contribution is 0.0631. The molecule has 35 heavy (non-hydrogen) atoms. The molecule has 0 saturated carbocycles. The number of benzene rings is 1. The minimum Gasteiger partial charge on any atom is -0.381 e. The maximum atomic E-state index is 13.6. The fourth-order valence-electron chi connectivity index (χ4n) is 6.06. The van der Waals surface area contributed by atoms with Crippen LogP contribution in [0.3, 0.4) is 0 Å². The molecule has 0 aliphatic carbocycles. The zero-order chi connectivity index (χ0) is 24.8. The summed E-state index contributed by atoms with van der Waals surface area (Å²) in [5, 5.41) is 9.22. The zero-order valence-electron chi connectivity index (χ0n) is 21.8. The van der Waals surface area contributed by atoms with Crippen LogP contribution in [0.4, 0.5) is 0 Å². The van der Waals surface area contributed by atoms with Crippen LogP contribution in [0.15, 0.2) is 30.3 Å². The zero-order valence-corrected chi connectivity index (χ0v) is 21.8. The van der Waals surface area contributed by atoms with Gasteiger partial charge in [0.15, 0.2) is 5.78 Å². The van der Waals surface area contributed by atoms with Crippen molar-refractivity contribution in [1.29, 1.82) is 5.26 Å². The lowest BCUT2D eigenvalue weighted by Crippen LogP contribution is -2.38. The van der Waals surface area contributed by atoms with Crippen molar-refractivity contribution in [2.75, 3.05) is 19.8 Å². The van der Waals surface area contributed by atoms with Gasteiger partial charge >= 0.3 is 0 Å². The molecule has 2 unspecified atom stereocenters. The van der Waals surface area contributed by atoms with Crippen molar-refractivity contribution < 1.29 is 9.53 Å². The average molecular weight is 476 g/mol. The van der Waals surface area contributed by atoms with Crippen molar-refractivity contribution in [1.82, 2.24) is 9.47 Å². The fraction of sp³-hybridized carbons (Fsp3) is 0.600. The van der Waals surface area contributed by atoms with Gasteiger partial charge in [-0.3, -0.25) is 9.69 Å². The first-order valence-electron chi connectivity index (χ1n) is 13.6. The summed E-state index contributed by atoms with van der Waals surface area (Å²) in [5.41, 5.74) is 4.74. The van der Waals surface area contributed by atoms with Crippen molar-refractivity contribution in [3.05, 3.63) is 52.8 Å². The number of hydrogen-bond donors (Lipinski definition) is 0. The minimum atomic E-state index is 0.227. The van der Waals surface area contributed by atoms with Gasteiger partial charge in [-0.2, -0.15) is 5.26 Å². The van der Waals surface area contributed by atoms with Crippen LogP contribution in [0.25, 0.3) is 5.69 Å². The monoisotopic (exact) mass is 475 g/mol. The van der Waals surface area contributed by atoms with Crippen LogP contribution in [0.2, 0.25) is 0 Å². The number of carbonyl (C=O) groups is 1. The van der Waals surface area contributed by atoms with Crippen molar-refractivity contribution in [3.8, 4) is 11.8 Å². The quantitative estimate of drug-likeness (QED) is 0.301. The highest BCUT2D eigenvalue weighted by Gasteiger charge is 2.31. The maximum Gasteiger partial charge on any atom is 0.178 e. The molecule has 2 fully saturated rings. The van der Waals surface area contributed by atoms with Crippen LogP contribution in [0, 0.1) is 24.2 Å². The Bertz CT molecular complexity index is 1030. The summed E-state index contributed by atoms with van der Waals surface area (Å²) in [6.45, 7) is 8.87. The van der Waals surface area contributed by atoms with Gasteiger partial charge in [0, 0.05) is 47.9 Å². The van der Waals surface area contributed by atoms with E-state index >= 15 is 0 Å². The van der Waals surface area contributed by atoms with E-state index in [1.165, 1.54) is 44.2 Å². The van der Waals surface area contributed by atoms with E-state index in [0.717, 1.165) is 55.3 Å². The number of Topliss-reactive ketones (excluding diaryl/α,β-unsaturated/α-hetero) is 1. The predicted octanol–water partition coefficient (Wildman–Crippen LogP) is 6.24. The maximum absolute atomic E-state index is 13.6. The Kier molecular flexibility index (Phi) is 8.81. The van der Waals surface area contributed by atoms with Gasteiger partial charge in [0.05, 0.1) is 18.2 Å². The Morgan fingerprint density at radius 2 is 1.86 bits per heavy atom. The average Bonchev–Trinajstić information content (AvgIpc) is 3.41. The van der Waals surface area contributed by atoms with Crippen molar-refractivity contribution >= 4 is 5.78 Å².